The highest BCUT2D eigenvalue weighted by molar-refractivity contribution is 6.38. The Kier molecular flexibility index (Phi) is 13.5. The van der Waals surface area contributed by atoms with Crippen molar-refractivity contribution >= 4 is 41.2 Å². The average molecular weight is 928 g/mol. The molecule has 0 radical (unpaired) electrons. The highest BCUT2D eigenvalue weighted by Crippen LogP contribution is 2.52. The van der Waals surface area contributed by atoms with E-state index in [9.17, 15) is 28.8 Å². The zero-order valence-corrected chi connectivity index (χ0v) is 39.4. The largest absolute Gasteiger partial charge is 0.489 e. The monoisotopic (exact) mass is 927 g/mol. The molecule has 1 spiro atoms. The summed E-state index contributed by atoms with van der Waals surface area (Å²) in [5, 5.41) is 11.5. The van der Waals surface area contributed by atoms with Gasteiger partial charge in [-0.1, -0.05) is 53.4 Å². The molecular weight excluding hydrogens is 863 g/mol. The number of ketones is 1. The van der Waals surface area contributed by atoms with Crippen molar-refractivity contribution in [2.75, 3.05) is 26.4 Å². The minimum atomic E-state index is -1.24. The number of rotatable bonds is 16. The molecule has 1 aromatic heterocycles. The Morgan fingerprint density at radius 2 is 1.69 bits per heavy atom. The van der Waals surface area contributed by atoms with Crippen molar-refractivity contribution in [3.05, 3.63) is 42.5 Å². The van der Waals surface area contributed by atoms with Gasteiger partial charge in [-0.15, -0.1) is 0 Å². The van der Waals surface area contributed by atoms with E-state index in [2.05, 4.69) is 36.1 Å². The number of fused-ring (bicyclic) bond motifs is 3. The van der Waals surface area contributed by atoms with Crippen molar-refractivity contribution in [1.82, 2.24) is 45.9 Å². The quantitative estimate of drug-likeness (QED) is 0.178. The van der Waals surface area contributed by atoms with E-state index in [1.807, 2.05) is 41.5 Å². The molecule has 1 aromatic carbocycles. The number of likely N-dealkylation sites (tertiary alicyclic amines) is 1. The van der Waals surface area contributed by atoms with Gasteiger partial charge in [0.2, 0.25) is 36.2 Å². The van der Waals surface area contributed by atoms with Crippen LogP contribution in [0, 0.1) is 11.3 Å². The molecule has 362 valence electrons. The predicted octanol–water partition coefficient (Wildman–Crippen LogP) is 2.62. The van der Waals surface area contributed by atoms with E-state index in [1.54, 1.807) is 23.1 Å². The Morgan fingerprint density at radius 3 is 2.36 bits per heavy atom. The Labute approximate surface area is 391 Å². The number of hydrogen-bond acceptors (Lipinski definition) is 13. The molecule has 8 rings (SSSR count). The van der Waals surface area contributed by atoms with Gasteiger partial charge >= 0.3 is 0 Å². The van der Waals surface area contributed by atoms with Gasteiger partial charge in [0.1, 0.15) is 46.9 Å². The topological polar surface area (TPSA) is 231 Å². The van der Waals surface area contributed by atoms with Gasteiger partial charge in [-0.05, 0) is 69.4 Å². The first kappa shape index (κ1) is 47.6. The molecule has 7 atom stereocenters. The third-order valence-corrected chi connectivity index (χ3v) is 14.4. The maximum absolute atomic E-state index is 15.6. The van der Waals surface area contributed by atoms with Gasteiger partial charge in [0.25, 0.3) is 11.8 Å². The molecule has 19 nitrogen and oxygen atoms in total. The number of aromatic nitrogens is 2. The van der Waals surface area contributed by atoms with Crippen LogP contribution < -0.4 is 35.5 Å². The van der Waals surface area contributed by atoms with Crippen LogP contribution >= 0.6 is 0 Å². The number of hydrogen-bond donors (Lipinski definition) is 4. The first-order valence-corrected chi connectivity index (χ1v) is 24.0. The van der Waals surface area contributed by atoms with Crippen LogP contribution in [0.5, 0.6) is 17.2 Å². The number of Topliss-reactive ketones (excluding diaryl/α,β-unsaturated/α-hetero) is 1. The van der Waals surface area contributed by atoms with Gasteiger partial charge in [0, 0.05) is 50.4 Å². The molecule has 2 saturated carbocycles. The lowest BCUT2D eigenvalue weighted by Crippen LogP contribution is -2.62. The maximum Gasteiger partial charge on any atom is 0.289 e. The van der Waals surface area contributed by atoms with E-state index in [-0.39, 0.29) is 62.8 Å². The number of amides is 6. The number of nitrogens with zero attached hydrogens (tertiary/aromatic N) is 5. The highest BCUT2D eigenvalue weighted by atomic mass is 16.7. The lowest BCUT2D eigenvalue weighted by Gasteiger charge is -2.41. The van der Waals surface area contributed by atoms with Gasteiger partial charge in [-0.25, -0.2) is 4.98 Å². The van der Waals surface area contributed by atoms with Gasteiger partial charge in [-0.3, -0.25) is 43.4 Å². The van der Waals surface area contributed by atoms with Gasteiger partial charge in [0.15, 0.2) is 11.5 Å². The minimum Gasteiger partial charge on any atom is -0.489 e. The molecule has 5 heterocycles. The van der Waals surface area contributed by atoms with E-state index in [4.69, 9.17) is 14.2 Å². The lowest BCUT2D eigenvalue weighted by atomic mass is 9.82. The van der Waals surface area contributed by atoms with Crippen LogP contribution in [-0.4, -0.2) is 140 Å². The fourth-order valence-electron chi connectivity index (χ4n) is 10.9. The number of carbonyl (C=O) groups excluding carboxylic acids is 7. The predicted molar refractivity (Wildman–Crippen MR) is 241 cm³/mol. The fraction of sp³-hybridized carbons (Fsp3) is 0.646. The summed E-state index contributed by atoms with van der Waals surface area (Å²) >= 11 is 0. The second kappa shape index (κ2) is 19.0. The van der Waals surface area contributed by atoms with E-state index in [0.717, 1.165) is 32.1 Å². The molecule has 4 aliphatic heterocycles. The summed E-state index contributed by atoms with van der Waals surface area (Å²) in [5.74, 6) is -2.60. The molecule has 2 aromatic rings. The zero-order chi connectivity index (χ0) is 47.8. The third kappa shape index (κ3) is 9.52. The summed E-state index contributed by atoms with van der Waals surface area (Å²) in [7, 11) is 0. The third-order valence-electron chi connectivity index (χ3n) is 14.4. The van der Waals surface area contributed by atoms with Gasteiger partial charge in [-0.2, -0.15) is 0 Å². The molecule has 2 aliphatic carbocycles. The van der Waals surface area contributed by atoms with Crippen molar-refractivity contribution in [2.45, 2.75) is 160 Å². The molecule has 67 heavy (non-hydrogen) atoms. The van der Waals surface area contributed by atoms with Crippen LogP contribution in [0.4, 0.5) is 0 Å². The Hall–Kier alpha value is -5.85. The van der Waals surface area contributed by atoms with Crippen LogP contribution in [0.25, 0.3) is 0 Å². The summed E-state index contributed by atoms with van der Waals surface area (Å²) in [4.78, 5) is 114. The van der Waals surface area contributed by atoms with E-state index in [1.165, 1.54) is 23.5 Å². The number of likely N-dealkylation sites (N-methyl/N-ethyl adjacent to an activating group) is 1. The van der Waals surface area contributed by atoms with Crippen LogP contribution in [0.3, 0.4) is 0 Å². The molecule has 3 saturated heterocycles. The van der Waals surface area contributed by atoms with Crippen molar-refractivity contribution in [3.8, 4) is 17.2 Å². The second-order valence-electron chi connectivity index (χ2n) is 20.3. The summed E-state index contributed by atoms with van der Waals surface area (Å²) < 4.78 is 17.6. The van der Waals surface area contributed by atoms with Crippen LogP contribution in [0.2, 0.25) is 0 Å². The maximum atomic E-state index is 15.6. The highest BCUT2D eigenvalue weighted by Gasteiger charge is 2.70. The summed E-state index contributed by atoms with van der Waals surface area (Å²) in [5.41, 5.74) is -3.17. The molecule has 4 N–H and O–H groups in total. The Morgan fingerprint density at radius 1 is 0.940 bits per heavy atom. The SMILES string of the molecule is CCCC(NC(=O)[C@@H]1CC2(CN1C(=O)[C@@H](NC(=O)[C@@H](NC(=O)c1cnccn1)C1CCCCC1)C(C)(C)C)N(CC)C(=O)[C@@]1(C)C[C@H](Oc3ccc4c(c3)OCO4)CN21)C(=O)C(=O)NC1CC1. The number of benzene rings is 1. The van der Waals surface area contributed by atoms with Gasteiger partial charge < -0.3 is 45.3 Å². The van der Waals surface area contributed by atoms with E-state index in [0.29, 0.717) is 42.9 Å². The first-order chi connectivity index (χ1) is 32.0. The first-order valence-electron chi connectivity index (χ1n) is 24.0. The summed E-state index contributed by atoms with van der Waals surface area (Å²) in [6.07, 6.45) is 10.3. The number of carbonyl (C=O) groups is 7. The molecule has 6 amide bonds. The van der Waals surface area contributed by atoms with Crippen molar-refractivity contribution < 1.29 is 47.8 Å². The molecule has 5 fully saturated rings. The summed E-state index contributed by atoms with van der Waals surface area (Å²) in [6.45, 7) is 11.5. The lowest BCUT2D eigenvalue weighted by molar-refractivity contribution is -0.145. The van der Waals surface area contributed by atoms with E-state index < -0.39 is 82.2 Å². The van der Waals surface area contributed by atoms with Crippen molar-refractivity contribution in [3.63, 3.8) is 0 Å². The normalized spacial score (nSPS) is 26.1. The molecule has 2 unspecified atom stereocenters. The Balaban J connectivity index is 1.12. The minimum absolute atomic E-state index is 0.0263. The van der Waals surface area contributed by atoms with Gasteiger partial charge in [0.05, 0.1) is 18.8 Å². The van der Waals surface area contributed by atoms with Crippen LogP contribution in [0.1, 0.15) is 123 Å². The van der Waals surface area contributed by atoms with Crippen LogP contribution in [-0.2, 0) is 28.8 Å². The number of ether oxygens (including phenoxy) is 3. The van der Waals surface area contributed by atoms with E-state index >= 15 is 4.79 Å². The number of nitrogens with one attached hydrogen (secondary N) is 4. The van der Waals surface area contributed by atoms with Crippen LogP contribution in [0.15, 0.2) is 36.8 Å². The smallest absolute Gasteiger partial charge is 0.289 e. The fourth-order valence-corrected chi connectivity index (χ4v) is 10.9. The molecule has 0 bridgehead atoms. The second-order valence-corrected chi connectivity index (χ2v) is 20.3. The van der Waals surface area contributed by atoms with Crippen molar-refractivity contribution in [2.24, 2.45) is 11.3 Å². The molecule has 6 aliphatic rings. The summed E-state index contributed by atoms with van der Waals surface area (Å²) in [6, 6.07) is 0.594. The molecule has 19 heteroatoms. The van der Waals surface area contributed by atoms with Crippen molar-refractivity contribution in [1.29, 1.82) is 0 Å². The zero-order valence-electron chi connectivity index (χ0n) is 39.4. The molecular formula is C48H65N9O10. The standard InChI is InChI=1S/C48H65N9O10/c1-7-12-32(38(58)43(62)51-29-15-16-29)52-41(60)34-23-48(56(8-2)45(64)47(6)22-31(25-57(47)48)67-30-17-18-35-36(21-30)66-27-65-35)26-55(34)44(63)39(46(3,4)5)54-42(61)37(28-13-10-9-11-14-28)53-40(59)33-24-49-19-20-50-33/h17-21,24,28-29,31-32,34,37,39H,7-16,22-23,25-27H2,1-6H3,(H,51,62)(H,52,60)(H,53,59)(H,54,61)/t31-,32?,34-,37-,39+,47+,48?/m0/s1. The average Bonchev–Trinajstić information content (AvgIpc) is 3.61. The Bertz CT molecular complexity index is 2250.